The molecule has 0 saturated heterocycles. The fourth-order valence-corrected chi connectivity index (χ4v) is 2.50. The van der Waals surface area contributed by atoms with Crippen molar-refractivity contribution < 1.29 is 13.6 Å². The normalized spacial score (nSPS) is 11.0. The molecule has 7 heteroatoms. The van der Waals surface area contributed by atoms with Crippen molar-refractivity contribution in [3.05, 3.63) is 81.8 Å². The van der Waals surface area contributed by atoms with Crippen LogP contribution < -0.4 is 5.43 Å². The first-order valence-electron chi connectivity index (χ1n) is 7.18. The summed E-state index contributed by atoms with van der Waals surface area (Å²) in [5.41, 5.74) is 3.12. The molecule has 0 radical (unpaired) electrons. The fraction of sp³-hybridized carbons (Fsp3) is 0. The molecule has 2 aromatic carbocycles. The molecule has 25 heavy (non-hydrogen) atoms. The van der Waals surface area contributed by atoms with Gasteiger partial charge in [0.05, 0.1) is 16.3 Å². The molecule has 1 heterocycles. The molecule has 0 atom stereocenters. The first kappa shape index (κ1) is 17.2. The van der Waals surface area contributed by atoms with Crippen LogP contribution in [0.3, 0.4) is 0 Å². The maximum atomic E-state index is 13.1. The smallest absolute Gasteiger partial charge is 0.271 e. The van der Waals surface area contributed by atoms with E-state index in [0.29, 0.717) is 27.1 Å². The lowest BCUT2D eigenvalue weighted by Crippen LogP contribution is -2.17. The van der Waals surface area contributed by atoms with Gasteiger partial charge in [0.25, 0.3) is 5.91 Å². The highest BCUT2D eigenvalue weighted by molar-refractivity contribution is 6.43. The number of furan rings is 1. The number of nitrogens with zero attached hydrogens (tertiary/aromatic N) is 1. The van der Waals surface area contributed by atoms with Crippen molar-refractivity contribution in [2.45, 2.75) is 0 Å². The molecule has 0 fully saturated rings. The second-order valence-electron chi connectivity index (χ2n) is 5.01. The lowest BCUT2D eigenvalue weighted by Gasteiger charge is -2.02. The van der Waals surface area contributed by atoms with E-state index in [1.165, 1.54) is 24.4 Å². The molecule has 3 aromatic rings. The van der Waals surface area contributed by atoms with E-state index >= 15 is 0 Å². The third kappa shape index (κ3) is 4.07. The van der Waals surface area contributed by atoms with E-state index in [4.69, 9.17) is 27.6 Å². The summed E-state index contributed by atoms with van der Waals surface area (Å²) in [5.74, 6) is -0.0953. The number of carbonyl (C=O) groups is 1. The zero-order chi connectivity index (χ0) is 17.8. The standard InChI is InChI=1S/C18H11Cl2FN2O2/c19-15-6-2-5-14(17(15)20)16-8-7-13(25-16)10-22-23-18(24)11-3-1-4-12(21)9-11/h1-10H,(H,23,24). The predicted molar refractivity (Wildman–Crippen MR) is 95.6 cm³/mol. The Morgan fingerprint density at radius 2 is 1.92 bits per heavy atom. The molecule has 4 nitrogen and oxygen atoms in total. The highest BCUT2D eigenvalue weighted by Crippen LogP contribution is 2.34. The maximum Gasteiger partial charge on any atom is 0.271 e. The second-order valence-corrected chi connectivity index (χ2v) is 5.80. The lowest BCUT2D eigenvalue weighted by molar-refractivity contribution is 0.0954. The molecule has 1 aromatic heterocycles. The number of hydrogen-bond acceptors (Lipinski definition) is 3. The fourth-order valence-electron chi connectivity index (χ4n) is 2.11. The minimum absolute atomic E-state index is 0.169. The zero-order valence-corrected chi connectivity index (χ0v) is 14.2. The number of hydrogen-bond donors (Lipinski definition) is 1. The van der Waals surface area contributed by atoms with E-state index in [1.807, 2.05) is 0 Å². The van der Waals surface area contributed by atoms with Crippen LogP contribution in [0, 0.1) is 5.82 Å². The molecule has 3 rings (SSSR count). The molecule has 0 spiro atoms. The van der Waals surface area contributed by atoms with Gasteiger partial charge in [-0.15, -0.1) is 0 Å². The van der Waals surface area contributed by atoms with E-state index in [2.05, 4.69) is 10.5 Å². The number of nitrogens with one attached hydrogen (secondary N) is 1. The highest BCUT2D eigenvalue weighted by Gasteiger charge is 2.10. The summed E-state index contributed by atoms with van der Waals surface area (Å²) >= 11 is 12.1. The molecule has 0 bridgehead atoms. The third-order valence-corrected chi connectivity index (χ3v) is 4.11. The van der Waals surface area contributed by atoms with Crippen LogP contribution in [0.4, 0.5) is 4.39 Å². The van der Waals surface area contributed by atoms with Crippen LogP contribution in [0.2, 0.25) is 10.0 Å². The number of rotatable bonds is 4. The van der Waals surface area contributed by atoms with Crippen molar-refractivity contribution >= 4 is 35.3 Å². The van der Waals surface area contributed by atoms with Gasteiger partial charge in [0.2, 0.25) is 0 Å². The summed E-state index contributed by atoms with van der Waals surface area (Å²) in [7, 11) is 0. The number of benzene rings is 2. The number of hydrazone groups is 1. The Morgan fingerprint density at radius 3 is 2.72 bits per heavy atom. The Bertz CT molecular complexity index is 954. The molecule has 0 aliphatic carbocycles. The van der Waals surface area contributed by atoms with Crippen LogP contribution in [0.5, 0.6) is 0 Å². The number of carbonyl (C=O) groups excluding carboxylic acids is 1. The largest absolute Gasteiger partial charge is 0.455 e. The Morgan fingerprint density at radius 1 is 1.12 bits per heavy atom. The van der Waals surface area contributed by atoms with Gasteiger partial charge >= 0.3 is 0 Å². The van der Waals surface area contributed by atoms with Crippen molar-refractivity contribution in [2.24, 2.45) is 5.10 Å². The lowest BCUT2D eigenvalue weighted by atomic mass is 10.2. The molecule has 0 unspecified atom stereocenters. The van der Waals surface area contributed by atoms with Gasteiger partial charge in [0.15, 0.2) is 0 Å². The van der Waals surface area contributed by atoms with Gasteiger partial charge in [-0.1, -0.05) is 35.3 Å². The summed E-state index contributed by atoms with van der Waals surface area (Å²) in [4.78, 5) is 11.8. The second kappa shape index (κ2) is 7.51. The van der Waals surface area contributed by atoms with Gasteiger partial charge < -0.3 is 4.42 Å². The summed E-state index contributed by atoms with van der Waals surface area (Å²) in [5, 5.41) is 4.61. The van der Waals surface area contributed by atoms with Crippen LogP contribution >= 0.6 is 23.2 Å². The summed E-state index contributed by atoms with van der Waals surface area (Å²) in [6.45, 7) is 0. The number of amides is 1. The summed E-state index contributed by atoms with van der Waals surface area (Å²) in [6.07, 6.45) is 1.33. The minimum atomic E-state index is -0.527. The monoisotopic (exact) mass is 376 g/mol. The van der Waals surface area contributed by atoms with Crippen molar-refractivity contribution in [3.63, 3.8) is 0 Å². The van der Waals surface area contributed by atoms with E-state index in [9.17, 15) is 9.18 Å². The number of halogens is 3. The Labute approximate surface area is 152 Å². The van der Waals surface area contributed by atoms with Crippen molar-refractivity contribution in [1.82, 2.24) is 5.43 Å². The Kier molecular flexibility index (Phi) is 5.16. The van der Waals surface area contributed by atoms with Crippen LogP contribution in [0.15, 0.2) is 64.1 Å². The molecular formula is C18H11Cl2FN2O2. The Hall–Kier alpha value is -2.63. The maximum absolute atomic E-state index is 13.1. The van der Waals surface area contributed by atoms with Gasteiger partial charge in [-0.25, -0.2) is 9.82 Å². The molecule has 126 valence electrons. The average Bonchev–Trinajstić information content (AvgIpc) is 3.06. The van der Waals surface area contributed by atoms with Crippen molar-refractivity contribution in [1.29, 1.82) is 0 Å². The highest BCUT2D eigenvalue weighted by atomic mass is 35.5. The molecule has 1 N–H and O–H groups in total. The van der Waals surface area contributed by atoms with E-state index in [1.54, 1.807) is 30.3 Å². The molecule has 0 saturated carbocycles. The first-order valence-corrected chi connectivity index (χ1v) is 7.93. The zero-order valence-electron chi connectivity index (χ0n) is 12.7. The SMILES string of the molecule is O=C(NN=Cc1ccc(-c2cccc(Cl)c2Cl)o1)c1cccc(F)c1. The molecular weight excluding hydrogens is 366 g/mol. The van der Waals surface area contributed by atoms with E-state index in [-0.39, 0.29) is 5.56 Å². The summed E-state index contributed by atoms with van der Waals surface area (Å²) in [6, 6.07) is 13.9. The van der Waals surface area contributed by atoms with Crippen LogP contribution in [0.1, 0.15) is 16.1 Å². The van der Waals surface area contributed by atoms with E-state index in [0.717, 1.165) is 6.07 Å². The summed E-state index contributed by atoms with van der Waals surface area (Å²) < 4.78 is 18.7. The van der Waals surface area contributed by atoms with Gasteiger partial charge in [-0.2, -0.15) is 5.10 Å². The first-order chi connectivity index (χ1) is 12.0. The van der Waals surface area contributed by atoms with Crippen LogP contribution in [0.25, 0.3) is 11.3 Å². The van der Waals surface area contributed by atoms with Crippen LogP contribution in [-0.2, 0) is 0 Å². The topological polar surface area (TPSA) is 54.6 Å². The van der Waals surface area contributed by atoms with Crippen LogP contribution in [-0.4, -0.2) is 12.1 Å². The van der Waals surface area contributed by atoms with Gasteiger partial charge in [0, 0.05) is 11.1 Å². The quantitative estimate of drug-likeness (QED) is 0.505. The van der Waals surface area contributed by atoms with Gasteiger partial charge in [-0.3, -0.25) is 4.79 Å². The average molecular weight is 377 g/mol. The van der Waals surface area contributed by atoms with Gasteiger partial charge in [0.1, 0.15) is 17.3 Å². The third-order valence-electron chi connectivity index (χ3n) is 3.29. The van der Waals surface area contributed by atoms with Gasteiger partial charge in [-0.05, 0) is 42.5 Å². The Balaban J connectivity index is 1.70. The molecule has 1 amide bonds. The minimum Gasteiger partial charge on any atom is -0.455 e. The van der Waals surface area contributed by atoms with Crippen molar-refractivity contribution in [3.8, 4) is 11.3 Å². The van der Waals surface area contributed by atoms with E-state index < -0.39 is 11.7 Å². The molecule has 0 aliphatic rings. The predicted octanol–water partition coefficient (Wildman–Crippen LogP) is 5.16. The molecule has 0 aliphatic heterocycles. The van der Waals surface area contributed by atoms with Crippen molar-refractivity contribution in [2.75, 3.05) is 0 Å².